The Morgan fingerprint density at radius 2 is 2.07 bits per heavy atom. The maximum atomic E-state index is 12.8. The molecule has 0 aliphatic rings. The molecule has 0 saturated carbocycles. The van der Waals surface area contributed by atoms with Crippen molar-refractivity contribution < 1.29 is 8.78 Å². The van der Waals surface area contributed by atoms with E-state index in [2.05, 4.69) is 5.32 Å². The molecular formula is C10H12ClF2N. The molecule has 4 heteroatoms. The van der Waals surface area contributed by atoms with E-state index in [9.17, 15) is 8.78 Å². The molecule has 0 saturated heterocycles. The summed E-state index contributed by atoms with van der Waals surface area (Å²) < 4.78 is 25.3. The van der Waals surface area contributed by atoms with Crippen molar-refractivity contribution in [2.45, 2.75) is 19.5 Å². The maximum absolute atomic E-state index is 12.8. The molecule has 1 N–H and O–H groups in total. The molecule has 0 aliphatic carbocycles. The summed E-state index contributed by atoms with van der Waals surface area (Å²) in [5.74, 6) is -1.15. The van der Waals surface area contributed by atoms with Gasteiger partial charge in [-0.1, -0.05) is 6.07 Å². The number of hydrogen-bond donors (Lipinski definition) is 1. The summed E-state index contributed by atoms with van der Waals surface area (Å²) in [5.41, 5.74) is 0.709. The summed E-state index contributed by atoms with van der Waals surface area (Å²) in [6.45, 7) is 2.41. The second kappa shape index (κ2) is 5.27. The molecule has 78 valence electrons. The number of halogens is 3. The number of hydrogen-bond acceptors (Lipinski definition) is 1. The molecule has 0 aromatic heterocycles. The van der Waals surface area contributed by atoms with Crippen LogP contribution in [0.3, 0.4) is 0 Å². The molecule has 0 spiro atoms. The minimum atomic E-state index is -0.820. The van der Waals surface area contributed by atoms with E-state index in [4.69, 9.17) is 11.6 Å². The smallest absolute Gasteiger partial charge is 0.159 e. The van der Waals surface area contributed by atoms with Gasteiger partial charge in [-0.15, -0.1) is 11.6 Å². The first-order valence-corrected chi connectivity index (χ1v) is 4.90. The lowest BCUT2D eigenvalue weighted by Crippen LogP contribution is -2.26. The van der Waals surface area contributed by atoms with Gasteiger partial charge in [0.15, 0.2) is 11.6 Å². The highest BCUT2D eigenvalue weighted by molar-refractivity contribution is 6.18. The monoisotopic (exact) mass is 219 g/mol. The Bertz CT molecular complexity index is 304. The number of rotatable bonds is 4. The Hall–Kier alpha value is -0.670. The fourth-order valence-electron chi connectivity index (χ4n) is 0.996. The zero-order chi connectivity index (χ0) is 10.6. The van der Waals surface area contributed by atoms with Crippen LogP contribution >= 0.6 is 11.6 Å². The minimum Gasteiger partial charge on any atom is -0.309 e. The molecule has 1 atom stereocenters. The van der Waals surface area contributed by atoms with Crippen LogP contribution in [0.2, 0.25) is 0 Å². The molecule has 0 radical (unpaired) electrons. The van der Waals surface area contributed by atoms with Crippen molar-refractivity contribution in [3.05, 3.63) is 35.4 Å². The summed E-state index contributed by atoms with van der Waals surface area (Å²) in [5, 5.41) is 3.07. The van der Waals surface area contributed by atoms with Crippen LogP contribution in [0.4, 0.5) is 8.78 Å². The minimum absolute atomic E-state index is 0.157. The maximum Gasteiger partial charge on any atom is 0.159 e. The van der Waals surface area contributed by atoms with Gasteiger partial charge in [0.1, 0.15) is 0 Å². The van der Waals surface area contributed by atoms with E-state index in [-0.39, 0.29) is 6.04 Å². The van der Waals surface area contributed by atoms with Crippen molar-refractivity contribution in [3.8, 4) is 0 Å². The second-order valence-electron chi connectivity index (χ2n) is 3.18. The zero-order valence-corrected chi connectivity index (χ0v) is 8.61. The van der Waals surface area contributed by atoms with Crippen LogP contribution in [0.15, 0.2) is 18.2 Å². The van der Waals surface area contributed by atoms with Crippen LogP contribution in [0.25, 0.3) is 0 Å². The molecule has 1 nitrogen and oxygen atoms in total. The molecule has 1 rings (SSSR count). The first-order chi connectivity index (χ1) is 6.63. The van der Waals surface area contributed by atoms with Gasteiger partial charge in [-0.05, 0) is 24.6 Å². The Kier molecular flexibility index (Phi) is 4.29. The topological polar surface area (TPSA) is 12.0 Å². The lowest BCUT2D eigenvalue weighted by Gasteiger charge is -2.10. The summed E-state index contributed by atoms with van der Waals surface area (Å²) in [4.78, 5) is 0. The number of alkyl halides is 1. The molecule has 1 aromatic rings. The van der Waals surface area contributed by atoms with E-state index in [0.717, 1.165) is 6.07 Å². The average molecular weight is 220 g/mol. The molecular weight excluding hydrogens is 208 g/mol. The van der Waals surface area contributed by atoms with Gasteiger partial charge in [-0.2, -0.15) is 0 Å². The summed E-state index contributed by atoms with van der Waals surface area (Å²) >= 11 is 5.58. The molecule has 0 amide bonds. The molecule has 14 heavy (non-hydrogen) atoms. The van der Waals surface area contributed by atoms with E-state index >= 15 is 0 Å². The highest BCUT2D eigenvalue weighted by atomic mass is 35.5. The standard InChI is InChI=1S/C10H12ClF2N/c1-7(5-11)14-6-8-2-3-9(12)10(13)4-8/h2-4,7,14H,5-6H2,1H3. The van der Waals surface area contributed by atoms with E-state index in [1.807, 2.05) is 6.92 Å². The van der Waals surface area contributed by atoms with Gasteiger partial charge in [0.05, 0.1) is 0 Å². The van der Waals surface area contributed by atoms with Crippen LogP contribution in [0, 0.1) is 11.6 Å². The number of benzene rings is 1. The van der Waals surface area contributed by atoms with Gasteiger partial charge in [-0.25, -0.2) is 8.78 Å². The summed E-state index contributed by atoms with van der Waals surface area (Å²) in [6, 6.07) is 4.01. The molecule has 1 aromatic carbocycles. The number of nitrogens with one attached hydrogen (secondary N) is 1. The predicted molar refractivity (Wildman–Crippen MR) is 53.4 cm³/mol. The van der Waals surface area contributed by atoms with E-state index < -0.39 is 11.6 Å². The fourth-order valence-corrected chi connectivity index (χ4v) is 1.11. The molecule has 0 aliphatic heterocycles. The summed E-state index contributed by atoms with van der Waals surface area (Å²) in [7, 11) is 0. The van der Waals surface area contributed by atoms with Crippen LogP contribution < -0.4 is 5.32 Å². The van der Waals surface area contributed by atoms with Crippen LogP contribution in [0.1, 0.15) is 12.5 Å². The Labute approximate surface area is 87.1 Å². The average Bonchev–Trinajstić information content (AvgIpc) is 2.19. The lowest BCUT2D eigenvalue weighted by molar-refractivity contribution is 0.504. The second-order valence-corrected chi connectivity index (χ2v) is 3.49. The largest absolute Gasteiger partial charge is 0.309 e. The molecule has 0 fully saturated rings. The first-order valence-electron chi connectivity index (χ1n) is 4.36. The van der Waals surface area contributed by atoms with Crippen molar-refractivity contribution in [2.75, 3.05) is 5.88 Å². The van der Waals surface area contributed by atoms with Gasteiger partial charge in [0.25, 0.3) is 0 Å². The molecule has 1 unspecified atom stereocenters. The van der Waals surface area contributed by atoms with Crippen LogP contribution in [-0.2, 0) is 6.54 Å². The van der Waals surface area contributed by atoms with Crippen LogP contribution in [-0.4, -0.2) is 11.9 Å². The fraction of sp³-hybridized carbons (Fsp3) is 0.400. The SMILES string of the molecule is CC(CCl)NCc1ccc(F)c(F)c1. The van der Waals surface area contributed by atoms with Gasteiger partial charge in [0, 0.05) is 18.5 Å². The van der Waals surface area contributed by atoms with Crippen molar-refractivity contribution >= 4 is 11.6 Å². The van der Waals surface area contributed by atoms with Gasteiger partial charge >= 0.3 is 0 Å². The predicted octanol–water partition coefficient (Wildman–Crippen LogP) is 2.68. The Morgan fingerprint density at radius 3 is 2.64 bits per heavy atom. The van der Waals surface area contributed by atoms with E-state index in [0.29, 0.717) is 18.0 Å². The normalized spacial score (nSPS) is 12.9. The van der Waals surface area contributed by atoms with Gasteiger partial charge in [0.2, 0.25) is 0 Å². The highest BCUT2D eigenvalue weighted by Gasteiger charge is 2.03. The van der Waals surface area contributed by atoms with Crippen molar-refractivity contribution in [3.63, 3.8) is 0 Å². The third-order valence-electron chi connectivity index (χ3n) is 1.87. The first kappa shape index (κ1) is 11.4. The highest BCUT2D eigenvalue weighted by Crippen LogP contribution is 2.08. The molecule has 0 bridgehead atoms. The van der Waals surface area contributed by atoms with Crippen molar-refractivity contribution in [1.29, 1.82) is 0 Å². The third kappa shape index (κ3) is 3.24. The van der Waals surface area contributed by atoms with Crippen molar-refractivity contribution in [2.24, 2.45) is 0 Å². The summed E-state index contributed by atoms with van der Waals surface area (Å²) in [6.07, 6.45) is 0. The lowest BCUT2D eigenvalue weighted by atomic mass is 10.2. The Morgan fingerprint density at radius 1 is 1.36 bits per heavy atom. The van der Waals surface area contributed by atoms with E-state index in [1.165, 1.54) is 6.07 Å². The van der Waals surface area contributed by atoms with Gasteiger partial charge < -0.3 is 5.32 Å². The Balaban J connectivity index is 2.55. The van der Waals surface area contributed by atoms with Crippen LogP contribution in [0.5, 0.6) is 0 Å². The molecule has 0 heterocycles. The third-order valence-corrected chi connectivity index (χ3v) is 2.33. The van der Waals surface area contributed by atoms with Gasteiger partial charge in [-0.3, -0.25) is 0 Å². The quantitative estimate of drug-likeness (QED) is 0.768. The van der Waals surface area contributed by atoms with Crippen molar-refractivity contribution in [1.82, 2.24) is 5.32 Å². The van der Waals surface area contributed by atoms with E-state index in [1.54, 1.807) is 6.07 Å². The zero-order valence-electron chi connectivity index (χ0n) is 7.86.